The van der Waals surface area contributed by atoms with Gasteiger partial charge in [-0.3, -0.25) is 0 Å². The fourth-order valence-electron chi connectivity index (χ4n) is 8.43. The molecule has 4 bridgehead atoms. The van der Waals surface area contributed by atoms with Crippen LogP contribution in [0.5, 0.6) is 0 Å². The van der Waals surface area contributed by atoms with Crippen molar-refractivity contribution in [3.63, 3.8) is 0 Å². The molecule has 5 aliphatic rings. The minimum absolute atomic E-state index is 0.0508. The van der Waals surface area contributed by atoms with Crippen LogP contribution in [0.3, 0.4) is 0 Å². The lowest BCUT2D eigenvalue weighted by molar-refractivity contribution is -0.457. The predicted octanol–water partition coefficient (Wildman–Crippen LogP) is 8.32. The van der Waals surface area contributed by atoms with Crippen LogP contribution in [0.25, 0.3) is 0 Å². The van der Waals surface area contributed by atoms with Crippen LogP contribution in [0.1, 0.15) is 90.9 Å². The first-order valence-corrected chi connectivity index (χ1v) is 13.2. The van der Waals surface area contributed by atoms with E-state index < -0.39 is 39.4 Å². The predicted molar refractivity (Wildman–Crippen MR) is 116 cm³/mol. The summed E-state index contributed by atoms with van der Waals surface area (Å²) in [6.45, 7) is 4.12. The highest BCUT2D eigenvalue weighted by molar-refractivity contribution is 9.10. The van der Waals surface area contributed by atoms with Crippen molar-refractivity contribution in [2.45, 2.75) is 119 Å². The normalized spacial score (nSPS) is 39.0. The number of alkyl halides is 7. The van der Waals surface area contributed by atoms with Gasteiger partial charge in [0.2, 0.25) is 0 Å². The van der Waals surface area contributed by atoms with E-state index >= 15 is 0 Å². The molecule has 33 heavy (non-hydrogen) atoms. The van der Waals surface area contributed by atoms with Gasteiger partial charge in [-0.2, -0.15) is 26.3 Å². The lowest BCUT2D eigenvalue weighted by Crippen LogP contribution is -2.75. The van der Waals surface area contributed by atoms with Gasteiger partial charge in [-0.15, -0.1) is 0 Å². The molecule has 5 fully saturated rings. The molecule has 4 atom stereocenters. The zero-order chi connectivity index (χ0) is 24.3. The van der Waals surface area contributed by atoms with Crippen LogP contribution in [0.2, 0.25) is 0 Å². The van der Waals surface area contributed by atoms with E-state index in [9.17, 15) is 26.3 Å². The highest BCUT2D eigenvalue weighted by Crippen LogP contribution is 2.76. The van der Waals surface area contributed by atoms with Gasteiger partial charge in [-0.05, 0) is 87.9 Å². The zero-order valence-electron chi connectivity index (χ0n) is 19.4. The van der Waals surface area contributed by atoms with Crippen LogP contribution >= 0.6 is 15.9 Å². The van der Waals surface area contributed by atoms with Crippen molar-refractivity contribution in [3.8, 4) is 0 Å². The average Bonchev–Trinajstić information content (AvgIpc) is 2.69. The summed E-state index contributed by atoms with van der Waals surface area (Å²) < 4.78 is 99.3. The smallest absolute Gasteiger partial charge is 0.353 e. The Labute approximate surface area is 200 Å². The van der Waals surface area contributed by atoms with Gasteiger partial charge in [0.15, 0.2) is 6.29 Å². The third-order valence-corrected chi connectivity index (χ3v) is 11.0. The number of hydrogen-bond donors (Lipinski definition) is 0. The number of ether oxygens (including phenoxy) is 2. The fraction of sp³-hybridized carbons (Fsp3) is 1.00. The third kappa shape index (κ3) is 3.89. The number of hydrogen-bond acceptors (Lipinski definition) is 2. The molecular formula is C24H35BrF6O2. The lowest BCUT2D eigenvalue weighted by atomic mass is 9.38. The van der Waals surface area contributed by atoms with Gasteiger partial charge >= 0.3 is 12.4 Å². The van der Waals surface area contributed by atoms with Gasteiger partial charge in [0.25, 0.3) is 5.60 Å². The summed E-state index contributed by atoms with van der Waals surface area (Å²) in [6.07, 6.45) is -7.47. The molecule has 9 heteroatoms. The van der Waals surface area contributed by atoms with Gasteiger partial charge in [0, 0.05) is 16.3 Å². The molecule has 0 spiro atoms. The van der Waals surface area contributed by atoms with Gasteiger partial charge in [0.05, 0.1) is 0 Å². The van der Waals surface area contributed by atoms with E-state index in [0.717, 1.165) is 12.8 Å². The molecule has 0 amide bonds. The average molecular weight is 549 g/mol. The first-order chi connectivity index (χ1) is 15.3. The minimum atomic E-state index is -5.59. The first kappa shape index (κ1) is 26.1. The van der Waals surface area contributed by atoms with Gasteiger partial charge in [0.1, 0.15) is 0 Å². The van der Waals surface area contributed by atoms with Gasteiger partial charge in [-0.25, -0.2) is 0 Å². The molecule has 2 nitrogen and oxygen atoms in total. The summed E-state index contributed by atoms with van der Waals surface area (Å²) in [7, 11) is 0. The van der Waals surface area contributed by atoms with Crippen molar-refractivity contribution < 1.29 is 35.8 Å². The summed E-state index contributed by atoms with van der Waals surface area (Å²) in [5.41, 5.74) is -6.84. The Balaban J connectivity index is 1.86. The maximum absolute atomic E-state index is 14.9. The highest BCUT2D eigenvalue weighted by Gasteiger charge is 2.84. The molecule has 1 heterocycles. The van der Waals surface area contributed by atoms with E-state index in [2.05, 4.69) is 15.9 Å². The molecule has 0 aromatic carbocycles. The van der Waals surface area contributed by atoms with E-state index in [1.54, 1.807) is 0 Å². The summed E-state index contributed by atoms with van der Waals surface area (Å²) >= 11 is 3.90. The largest absolute Gasteiger partial charge is 0.427 e. The fourth-order valence-corrected chi connectivity index (χ4v) is 9.29. The topological polar surface area (TPSA) is 18.5 Å². The van der Waals surface area contributed by atoms with Crippen LogP contribution < -0.4 is 0 Å². The lowest BCUT2D eigenvalue weighted by Gasteiger charge is -2.70. The van der Waals surface area contributed by atoms with Crippen LogP contribution in [0.4, 0.5) is 26.3 Å². The number of rotatable bonds is 7. The van der Waals surface area contributed by atoms with Crippen molar-refractivity contribution in [1.82, 2.24) is 0 Å². The molecule has 0 radical (unpaired) electrons. The van der Waals surface area contributed by atoms with E-state index in [1.807, 2.05) is 13.8 Å². The zero-order valence-corrected chi connectivity index (χ0v) is 21.0. The highest BCUT2D eigenvalue weighted by atomic mass is 79.9. The van der Waals surface area contributed by atoms with Crippen molar-refractivity contribution in [3.05, 3.63) is 0 Å². The summed E-state index contributed by atoms with van der Waals surface area (Å²) in [5, 5.41) is 0. The summed E-state index contributed by atoms with van der Waals surface area (Å²) in [4.78, 5) is 0. The quantitative estimate of drug-likeness (QED) is 0.235. The second-order valence-corrected chi connectivity index (χ2v) is 12.7. The second kappa shape index (κ2) is 8.53. The van der Waals surface area contributed by atoms with E-state index in [4.69, 9.17) is 9.47 Å². The van der Waals surface area contributed by atoms with Crippen LogP contribution in [0, 0.1) is 22.7 Å². The standard InChI is InChI=1S/C24H35BrF6O2/c1-3-8-21(25,4-2)19-11-16-10-17(12-19)14-20(13-16,15-19)22(23(26,27)28,24(29,30)31)33-18-7-5-6-9-32-18/h16-18H,3-15H2,1-2H3. The Morgan fingerprint density at radius 2 is 1.48 bits per heavy atom. The minimum Gasteiger partial charge on any atom is -0.353 e. The van der Waals surface area contributed by atoms with E-state index in [-0.39, 0.29) is 44.1 Å². The Morgan fingerprint density at radius 1 is 0.909 bits per heavy atom. The number of halogens is 7. The van der Waals surface area contributed by atoms with E-state index in [0.29, 0.717) is 38.5 Å². The summed E-state index contributed by atoms with van der Waals surface area (Å²) in [5.74, 6) is -0.293. The molecule has 4 aliphatic carbocycles. The molecule has 0 aromatic rings. The van der Waals surface area contributed by atoms with Crippen LogP contribution in [-0.2, 0) is 9.47 Å². The van der Waals surface area contributed by atoms with Crippen molar-refractivity contribution >= 4 is 15.9 Å². The Hall–Kier alpha value is -0.0200. The molecule has 0 N–H and O–H groups in total. The molecule has 4 saturated carbocycles. The molecule has 1 saturated heterocycles. The van der Waals surface area contributed by atoms with Crippen molar-refractivity contribution in [2.24, 2.45) is 22.7 Å². The van der Waals surface area contributed by atoms with Gasteiger partial charge in [-0.1, -0.05) is 36.2 Å². The SMILES string of the molecule is CCCC(Br)(CC)C12CC3CC(C1)CC(C(OC1CCCCO1)(C(F)(F)F)C(F)(F)F)(C3)C2. The molecule has 0 aromatic heterocycles. The van der Waals surface area contributed by atoms with Crippen LogP contribution in [-0.4, -0.2) is 35.2 Å². The molecule has 1 aliphatic heterocycles. The van der Waals surface area contributed by atoms with Crippen molar-refractivity contribution in [1.29, 1.82) is 0 Å². The molecule has 5 rings (SSSR count). The Kier molecular flexibility index (Phi) is 6.74. The van der Waals surface area contributed by atoms with E-state index in [1.165, 1.54) is 0 Å². The first-order valence-electron chi connectivity index (χ1n) is 12.4. The Bertz CT molecular complexity index is 689. The van der Waals surface area contributed by atoms with Crippen LogP contribution in [0.15, 0.2) is 0 Å². The Morgan fingerprint density at radius 3 is 1.94 bits per heavy atom. The summed E-state index contributed by atoms with van der Waals surface area (Å²) in [6, 6.07) is 0. The monoisotopic (exact) mass is 548 g/mol. The molecular weight excluding hydrogens is 514 g/mol. The molecule has 4 unspecified atom stereocenters. The third-order valence-electron chi connectivity index (χ3n) is 9.21. The second-order valence-electron chi connectivity index (χ2n) is 11.2. The maximum atomic E-state index is 14.9. The van der Waals surface area contributed by atoms with Gasteiger partial charge < -0.3 is 9.47 Å². The molecule has 192 valence electrons. The van der Waals surface area contributed by atoms with Crippen molar-refractivity contribution in [2.75, 3.05) is 6.61 Å². The maximum Gasteiger partial charge on any atom is 0.427 e.